The van der Waals surface area contributed by atoms with E-state index in [2.05, 4.69) is 15.0 Å². The Bertz CT molecular complexity index is 750. The molecule has 1 saturated heterocycles. The summed E-state index contributed by atoms with van der Waals surface area (Å²) in [6.07, 6.45) is 1.54. The Morgan fingerprint density at radius 2 is 2.17 bits per heavy atom. The molecule has 0 aromatic carbocycles. The molecule has 2 aromatic rings. The lowest BCUT2D eigenvalue weighted by atomic mass is 10.1. The second-order valence-corrected chi connectivity index (χ2v) is 7.24. The molecule has 1 aliphatic rings. The number of aromatic nitrogens is 3. The van der Waals surface area contributed by atoms with E-state index in [4.69, 9.17) is 16.3 Å². The minimum atomic E-state index is -0.503. The van der Waals surface area contributed by atoms with Crippen molar-refractivity contribution < 1.29 is 9.53 Å². The van der Waals surface area contributed by atoms with Crippen molar-refractivity contribution in [2.45, 2.75) is 52.2 Å². The lowest BCUT2D eigenvalue weighted by Gasteiger charge is -2.28. The molecule has 0 saturated carbocycles. The summed E-state index contributed by atoms with van der Waals surface area (Å²) in [5.74, 6) is 0.628. The van der Waals surface area contributed by atoms with Crippen LogP contribution in [0, 0.1) is 6.92 Å². The average Bonchev–Trinajstić information content (AvgIpc) is 3.00. The van der Waals surface area contributed by atoms with Crippen molar-refractivity contribution in [2.75, 3.05) is 6.54 Å². The van der Waals surface area contributed by atoms with E-state index in [9.17, 15) is 4.79 Å². The number of nitrogens with one attached hydrogen (secondary N) is 1. The van der Waals surface area contributed by atoms with E-state index in [1.165, 1.54) is 0 Å². The molecule has 23 heavy (non-hydrogen) atoms. The molecule has 0 unspecified atom stereocenters. The molecule has 124 valence electrons. The Balaban J connectivity index is 1.91. The third-order valence-corrected chi connectivity index (χ3v) is 4.08. The van der Waals surface area contributed by atoms with Crippen molar-refractivity contribution in [3.8, 4) is 0 Å². The number of hydrogen-bond acceptors (Lipinski definition) is 4. The highest BCUT2D eigenvalue weighted by Gasteiger charge is 2.34. The molecule has 2 aromatic heterocycles. The zero-order valence-corrected chi connectivity index (χ0v) is 14.6. The zero-order valence-electron chi connectivity index (χ0n) is 13.8. The highest BCUT2D eigenvalue weighted by Crippen LogP contribution is 2.34. The molecule has 0 radical (unpaired) electrons. The first-order chi connectivity index (χ1) is 10.7. The number of H-pyrrole nitrogens is 1. The fraction of sp³-hybridized carbons (Fsp3) is 0.562. The van der Waals surface area contributed by atoms with Crippen LogP contribution in [-0.2, 0) is 4.74 Å². The lowest BCUT2D eigenvalue weighted by molar-refractivity contribution is 0.0222. The van der Waals surface area contributed by atoms with E-state index in [0.29, 0.717) is 23.0 Å². The van der Waals surface area contributed by atoms with Crippen LogP contribution in [0.1, 0.15) is 51.2 Å². The van der Waals surface area contributed by atoms with Gasteiger partial charge in [0.05, 0.1) is 11.6 Å². The standard InChI is InChI=1S/C16H21ClN4O2/c1-9-18-11-8-10(20-13(11)14(17)19-9)12-6-5-7-21(12)15(22)23-16(2,3)4/h8,12,20H,5-7H2,1-4H3/t12-/m0/s1. The highest BCUT2D eigenvalue weighted by molar-refractivity contribution is 6.33. The normalized spacial score (nSPS) is 18.7. The number of ether oxygens (including phenoxy) is 1. The summed E-state index contributed by atoms with van der Waals surface area (Å²) in [5, 5.41) is 0.403. The molecule has 1 aliphatic heterocycles. The number of halogens is 1. The molecule has 0 bridgehead atoms. The van der Waals surface area contributed by atoms with E-state index >= 15 is 0 Å². The summed E-state index contributed by atoms with van der Waals surface area (Å²) in [4.78, 5) is 26.0. The first-order valence-corrected chi connectivity index (χ1v) is 8.15. The molecule has 3 heterocycles. The van der Waals surface area contributed by atoms with Crippen LogP contribution < -0.4 is 0 Å². The van der Waals surface area contributed by atoms with Gasteiger partial charge in [0.15, 0.2) is 5.15 Å². The Morgan fingerprint density at radius 1 is 1.43 bits per heavy atom. The predicted octanol–water partition coefficient (Wildman–Crippen LogP) is 3.99. The minimum absolute atomic E-state index is 0.0459. The maximum absolute atomic E-state index is 12.4. The topological polar surface area (TPSA) is 71.1 Å². The van der Waals surface area contributed by atoms with Gasteiger partial charge in [-0.3, -0.25) is 4.90 Å². The van der Waals surface area contributed by atoms with Crippen LogP contribution in [0.3, 0.4) is 0 Å². The summed E-state index contributed by atoms with van der Waals surface area (Å²) in [6, 6.07) is 1.90. The van der Waals surface area contributed by atoms with Gasteiger partial charge in [0.1, 0.15) is 16.9 Å². The number of likely N-dealkylation sites (tertiary alicyclic amines) is 1. The quantitative estimate of drug-likeness (QED) is 0.799. The van der Waals surface area contributed by atoms with Gasteiger partial charge in [0.25, 0.3) is 0 Å². The number of rotatable bonds is 1. The van der Waals surface area contributed by atoms with Crippen LogP contribution in [-0.4, -0.2) is 38.1 Å². The van der Waals surface area contributed by atoms with Gasteiger partial charge in [-0.25, -0.2) is 14.8 Å². The fourth-order valence-electron chi connectivity index (χ4n) is 2.92. The number of aryl methyl sites for hydroxylation is 1. The lowest BCUT2D eigenvalue weighted by Crippen LogP contribution is -2.36. The summed E-state index contributed by atoms with van der Waals surface area (Å²) in [5.41, 5.74) is 1.90. The molecular formula is C16H21ClN4O2. The van der Waals surface area contributed by atoms with Gasteiger partial charge >= 0.3 is 6.09 Å². The first-order valence-electron chi connectivity index (χ1n) is 7.77. The Kier molecular flexibility index (Phi) is 3.96. The molecule has 1 N–H and O–H groups in total. The average molecular weight is 337 g/mol. The first kappa shape index (κ1) is 16.1. The number of nitrogens with zero attached hydrogens (tertiary/aromatic N) is 3. The molecule has 1 amide bonds. The molecule has 0 aliphatic carbocycles. The van der Waals surface area contributed by atoms with Crippen LogP contribution >= 0.6 is 11.6 Å². The van der Waals surface area contributed by atoms with E-state index in [-0.39, 0.29) is 12.1 Å². The van der Waals surface area contributed by atoms with Gasteiger partial charge in [-0.05, 0) is 46.6 Å². The predicted molar refractivity (Wildman–Crippen MR) is 88.6 cm³/mol. The smallest absolute Gasteiger partial charge is 0.410 e. The largest absolute Gasteiger partial charge is 0.444 e. The fourth-order valence-corrected chi connectivity index (χ4v) is 3.18. The van der Waals surface area contributed by atoms with Gasteiger partial charge in [-0.2, -0.15) is 0 Å². The summed E-state index contributed by atoms with van der Waals surface area (Å²) < 4.78 is 5.51. The van der Waals surface area contributed by atoms with Crippen molar-refractivity contribution in [3.63, 3.8) is 0 Å². The number of amides is 1. The number of carbonyl (C=O) groups is 1. The van der Waals surface area contributed by atoms with E-state index < -0.39 is 5.60 Å². The van der Waals surface area contributed by atoms with Crippen molar-refractivity contribution in [1.82, 2.24) is 19.9 Å². The Labute approximate surface area is 140 Å². The van der Waals surface area contributed by atoms with Crippen molar-refractivity contribution in [2.24, 2.45) is 0 Å². The van der Waals surface area contributed by atoms with Crippen LogP contribution in [0.15, 0.2) is 6.07 Å². The van der Waals surface area contributed by atoms with Gasteiger partial charge < -0.3 is 9.72 Å². The van der Waals surface area contributed by atoms with E-state index in [1.54, 1.807) is 11.8 Å². The molecule has 7 heteroatoms. The molecule has 0 spiro atoms. The molecule has 3 rings (SSSR count). The molecule has 1 fully saturated rings. The van der Waals surface area contributed by atoms with Crippen molar-refractivity contribution in [1.29, 1.82) is 0 Å². The van der Waals surface area contributed by atoms with Crippen molar-refractivity contribution in [3.05, 3.63) is 22.7 Å². The molecule has 6 nitrogen and oxygen atoms in total. The van der Waals surface area contributed by atoms with Crippen molar-refractivity contribution >= 4 is 28.7 Å². The van der Waals surface area contributed by atoms with Gasteiger partial charge in [0.2, 0.25) is 0 Å². The SMILES string of the molecule is Cc1nc(Cl)c2[nH]c([C@@H]3CCCN3C(=O)OC(C)(C)C)cc2n1. The van der Waals surface area contributed by atoms with E-state index in [0.717, 1.165) is 24.1 Å². The number of carbonyl (C=O) groups excluding carboxylic acids is 1. The maximum Gasteiger partial charge on any atom is 0.410 e. The van der Waals surface area contributed by atoms with Gasteiger partial charge in [0, 0.05) is 12.2 Å². The second-order valence-electron chi connectivity index (χ2n) is 6.88. The summed E-state index contributed by atoms with van der Waals surface area (Å²) in [7, 11) is 0. The van der Waals surface area contributed by atoms with E-state index in [1.807, 2.05) is 26.8 Å². The Morgan fingerprint density at radius 3 is 2.87 bits per heavy atom. The van der Waals surface area contributed by atoms with Gasteiger partial charge in [-0.1, -0.05) is 11.6 Å². The van der Waals surface area contributed by atoms with Gasteiger partial charge in [-0.15, -0.1) is 0 Å². The van der Waals surface area contributed by atoms with Crippen LogP contribution in [0.4, 0.5) is 4.79 Å². The summed E-state index contributed by atoms with van der Waals surface area (Å²) >= 11 is 6.18. The third-order valence-electron chi connectivity index (χ3n) is 3.81. The monoisotopic (exact) mass is 336 g/mol. The highest BCUT2D eigenvalue weighted by atomic mass is 35.5. The second kappa shape index (κ2) is 5.67. The molecule has 1 atom stereocenters. The third kappa shape index (κ3) is 3.27. The number of hydrogen-bond donors (Lipinski definition) is 1. The number of aromatic amines is 1. The number of fused-ring (bicyclic) bond motifs is 1. The summed E-state index contributed by atoms with van der Waals surface area (Å²) in [6.45, 7) is 8.11. The van der Waals surface area contributed by atoms with Crippen LogP contribution in [0.2, 0.25) is 5.15 Å². The Hall–Kier alpha value is -1.82. The van der Waals surface area contributed by atoms with Crippen LogP contribution in [0.25, 0.3) is 11.0 Å². The zero-order chi connectivity index (χ0) is 16.8. The maximum atomic E-state index is 12.4. The molecular weight excluding hydrogens is 316 g/mol. The van der Waals surface area contributed by atoms with Crippen LogP contribution in [0.5, 0.6) is 0 Å². The minimum Gasteiger partial charge on any atom is -0.444 e.